The van der Waals surface area contributed by atoms with Crippen molar-refractivity contribution in [2.75, 3.05) is 13.1 Å². The predicted molar refractivity (Wildman–Crippen MR) is 64.1 cm³/mol. The van der Waals surface area contributed by atoms with Crippen molar-refractivity contribution < 1.29 is 5.11 Å². The normalized spacial score (nSPS) is 13.1. The first-order valence-corrected chi connectivity index (χ1v) is 5.64. The minimum absolute atomic E-state index is 0.288. The summed E-state index contributed by atoms with van der Waals surface area (Å²) in [6.07, 6.45) is -0.288. The van der Waals surface area contributed by atoms with E-state index in [1.807, 2.05) is 18.2 Å². The lowest BCUT2D eigenvalue weighted by atomic mass is 10.2. The molecular formula is C12H18ClNO. The molecule has 0 bridgehead atoms. The summed E-state index contributed by atoms with van der Waals surface area (Å²) in [5.74, 6) is 0. The topological polar surface area (TPSA) is 23.5 Å². The first kappa shape index (κ1) is 12.5. The van der Waals surface area contributed by atoms with Crippen molar-refractivity contribution >= 4 is 11.6 Å². The van der Waals surface area contributed by atoms with Crippen LogP contribution in [-0.4, -0.2) is 29.2 Å². The molecule has 1 N–H and O–H groups in total. The summed E-state index contributed by atoms with van der Waals surface area (Å²) >= 11 is 5.91. The van der Waals surface area contributed by atoms with Crippen LogP contribution in [0.5, 0.6) is 0 Å². The fourth-order valence-corrected chi connectivity index (χ4v) is 1.79. The van der Waals surface area contributed by atoms with Crippen LogP contribution in [0.1, 0.15) is 19.4 Å². The zero-order valence-electron chi connectivity index (χ0n) is 9.28. The fraction of sp³-hybridized carbons (Fsp3) is 0.500. The van der Waals surface area contributed by atoms with E-state index in [4.69, 9.17) is 11.6 Å². The molecule has 1 atom stereocenters. The summed E-state index contributed by atoms with van der Waals surface area (Å²) < 4.78 is 0. The molecule has 0 saturated carbocycles. The van der Waals surface area contributed by atoms with Crippen molar-refractivity contribution in [2.24, 2.45) is 0 Å². The first-order chi connectivity index (χ1) is 7.11. The van der Waals surface area contributed by atoms with Crippen LogP contribution in [0.25, 0.3) is 0 Å². The van der Waals surface area contributed by atoms with Gasteiger partial charge in [-0.3, -0.25) is 4.90 Å². The number of hydrogen-bond acceptors (Lipinski definition) is 2. The smallest absolute Gasteiger partial charge is 0.0639 e. The monoisotopic (exact) mass is 227 g/mol. The Morgan fingerprint density at radius 1 is 1.47 bits per heavy atom. The largest absolute Gasteiger partial charge is 0.392 e. The molecule has 84 valence electrons. The summed E-state index contributed by atoms with van der Waals surface area (Å²) in [4.78, 5) is 2.19. The molecule has 0 radical (unpaired) electrons. The highest BCUT2D eigenvalue weighted by molar-refractivity contribution is 6.30. The average molecular weight is 228 g/mol. The van der Waals surface area contributed by atoms with Gasteiger partial charge in [0.15, 0.2) is 0 Å². The summed E-state index contributed by atoms with van der Waals surface area (Å²) in [5.41, 5.74) is 1.19. The highest BCUT2D eigenvalue weighted by Crippen LogP contribution is 2.12. The van der Waals surface area contributed by atoms with Gasteiger partial charge >= 0.3 is 0 Å². The van der Waals surface area contributed by atoms with Gasteiger partial charge in [0.25, 0.3) is 0 Å². The number of benzene rings is 1. The van der Waals surface area contributed by atoms with Crippen LogP contribution in [0.3, 0.4) is 0 Å². The Kier molecular flexibility index (Phi) is 5.09. The zero-order chi connectivity index (χ0) is 11.3. The molecule has 0 aliphatic rings. The van der Waals surface area contributed by atoms with Crippen molar-refractivity contribution in [2.45, 2.75) is 26.5 Å². The van der Waals surface area contributed by atoms with E-state index in [9.17, 15) is 5.11 Å². The van der Waals surface area contributed by atoms with Crippen molar-refractivity contribution in [1.82, 2.24) is 4.90 Å². The Hall–Kier alpha value is -0.570. The lowest BCUT2D eigenvalue weighted by Crippen LogP contribution is -2.30. The molecule has 0 aromatic heterocycles. The minimum Gasteiger partial charge on any atom is -0.392 e. The highest BCUT2D eigenvalue weighted by atomic mass is 35.5. The van der Waals surface area contributed by atoms with E-state index >= 15 is 0 Å². The van der Waals surface area contributed by atoms with Crippen molar-refractivity contribution in [3.8, 4) is 0 Å². The van der Waals surface area contributed by atoms with Gasteiger partial charge in [-0.25, -0.2) is 0 Å². The summed E-state index contributed by atoms with van der Waals surface area (Å²) in [5, 5.41) is 10.1. The fourth-order valence-electron chi connectivity index (χ4n) is 1.57. The van der Waals surface area contributed by atoms with Crippen LogP contribution in [0, 0.1) is 0 Å². The van der Waals surface area contributed by atoms with Crippen molar-refractivity contribution in [1.29, 1.82) is 0 Å². The molecule has 1 aromatic rings. The van der Waals surface area contributed by atoms with Gasteiger partial charge in [0.1, 0.15) is 0 Å². The predicted octanol–water partition coefficient (Wildman–Crippen LogP) is 2.54. The van der Waals surface area contributed by atoms with E-state index in [-0.39, 0.29) is 6.10 Å². The maximum absolute atomic E-state index is 9.32. The van der Waals surface area contributed by atoms with E-state index in [0.717, 1.165) is 18.1 Å². The number of hydrogen-bond donors (Lipinski definition) is 1. The van der Waals surface area contributed by atoms with Crippen LogP contribution in [0.4, 0.5) is 0 Å². The molecule has 15 heavy (non-hydrogen) atoms. The zero-order valence-corrected chi connectivity index (χ0v) is 10.0. The third kappa shape index (κ3) is 4.65. The first-order valence-electron chi connectivity index (χ1n) is 5.26. The molecule has 0 aliphatic carbocycles. The molecule has 3 heteroatoms. The van der Waals surface area contributed by atoms with Crippen LogP contribution < -0.4 is 0 Å². The third-order valence-corrected chi connectivity index (χ3v) is 2.50. The number of rotatable bonds is 5. The van der Waals surface area contributed by atoms with Gasteiger partial charge in [-0.1, -0.05) is 30.7 Å². The molecule has 0 unspecified atom stereocenters. The molecule has 2 nitrogen and oxygen atoms in total. The summed E-state index contributed by atoms with van der Waals surface area (Å²) in [6, 6.07) is 7.84. The molecule has 0 spiro atoms. The second kappa shape index (κ2) is 6.11. The minimum atomic E-state index is -0.288. The maximum Gasteiger partial charge on any atom is 0.0639 e. The lowest BCUT2D eigenvalue weighted by molar-refractivity contribution is 0.126. The molecule has 0 amide bonds. The van der Waals surface area contributed by atoms with Gasteiger partial charge in [0.2, 0.25) is 0 Å². The molecule has 1 rings (SSSR count). The molecule has 0 heterocycles. The number of halogens is 1. The second-order valence-corrected chi connectivity index (χ2v) is 4.24. The number of aliphatic hydroxyl groups is 1. The number of aliphatic hydroxyl groups excluding tert-OH is 1. The Morgan fingerprint density at radius 3 is 2.73 bits per heavy atom. The molecule has 0 saturated heterocycles. The van der Waals surface area contributed by atoms with Crippen LogP contribution in [0.15, 0.2) is 24.3 Å². The quantitative estimate of drug-likeness (QED) is 0.836. The Bertz CT molecular complexity index is 301. The van der Waals surface area contributed by atoms with E-state index in [2.05, 4.69) is 17.9 Å². The van der Waals surface area contributed by atoms with Gasteiger partial charge in [-0.15, -0.1) is 0 Å². The van der Waals surface area contributed by atoms with Crippen molar-refractivity contribution in [3.63, 3.8) is 0 Å². The molecule has 0 aliphatic heterocycles. The maximum atomic E-state index is 9.32. The summed E-state index contributed by atoms with van der Waals surface area (Å²) in [7, 11) is 0. The van der Waals surface area contributed by atoms with Gasteiger partial charge in [0, 0.05) is 18.1 Å². The lowest BCUT2D eigenvalue weighted by Gasteiger charge is -2.21. The number of nitrogens with zero attached hydrogens (tertiary/aromatic N) is 1. The van der Waals surface area contributed by atoms with Gasteiger partial charge in [0.05, 0.1) is 6.10 Å². The Balaban J connectivity index is 2.58. The van der Waals surface area contributed by atoms with Crippen LogP contribution in [-0.2, 0) is 6.54 Å². The van der Waals surface area contributed by atoms with Crippen molar-refractivity contribution in [3.05, 3.63) is 34.9 Å². The molecular weight excluding hydrogens is 210 g/mol. The molecule has 0 fully saturated rings. The molecule has 1 aromatic carbocycles. The average Bonchev–Trinajstić information content (AvgIpc) is 2.16. The van der Waals surface area contributed by atoms with Gasteiger partial charge in [-0.05, 0) is 31.2 Å². The second-order valence-electron chi connectivity index (χ2n) is 3.81. The van der Waals surface area contributed by atoms with E-state index in [1.165, 1.54) is 5.56 Å². The highest BCUT2D eigenvalue weighted by Gasteiger charge is 2.06. The SMILES string of the molecule is CCN(Cc1cccc(Cl)c1)C[C@H](C)O. The van der Waals surface area contributed by atoms with E-state index in [1.54, 1.807) is 6.92 Å². The van der Waals surface area contributed by atoms with E-state index < -0.39 is 0 Å². The standard InChI is InChI=1S/C12H18ClNO/c1-3-14(8-10(2)15)9-11-5-4-6-12(13)7-11/h4-7,10,15H,3,8-9H2,1-2H3/t10-/m0/s1. The summed E-state index contributed by atoms with van der Waals surface area (Å²) in [6.45, 7) is 6.36. The Labute approximate surface area is 96.5 Å². The van der Waals surface area contributed by atoms with Crippen LogP contribution in [0.2, 0.25) is 5.02 Å². The van der Waals surface area contributed by atoms with Gasteiger partial charge in [-0.2, -0.15) is 0 Å². The van der Waals surface area contributed by atoms with E-state index in [0.29, 0.717) is 6.54 Å². The number of likely N-dealkylation sites (N-methyl/N-ethyl adjacent to an activating group) is 1. The third-order valence-electron chi connectivity index (χ3n) is 2.26. The van der Waals surface area contributed by atoms with Gasteiger partial charge < -0.3 is 5.11 Å². The Morgan fingerprint density at radius 2 is 2.20 bits per heavy atom. The van der Waals surface area contributed by atoms with Crippen LogP contribution >= 0.6 is 11.6 Å².